The summed E-state index contributed by atoms with van der Waals surface area (Å²) in [6.45, 7) is 2.44. The highest BCUT2D eigenvalue weighted by molar-refractivity contribution is 6.29. The fourth-order valence-corrected chi connectivity index (χ4v) is 1.76. The SMILES string of the molecule is Cc1nc(Cl)cc(NCCOc2ccc(F)c(F)c2)n1. The predicted octanol–water partition coefficient (Wildman–Crippen LogP) is 3.21. The molecule has 0 aliphatic heterocycles. The molecule has 4 nitrogen and oxygen atoms in total. The normalized spacial score (nSPS) is 10.4. The Labute approximate surface area is 119 Å². The van der Waals surface area contributed by atoms with Gasteiger partial charge in [-0.2, -0.15) is 0 Å². The average Bonchev–Trinajstić information content (AvgIpc) is 2.38. The fourth-order valence-electron chi connectivity index (χ4n) is 1.54. The molecule has 1 aromatic heterocycles. The lowest BCUT2D eigenvalue weighted by Crippen LogP contribution is -2.13. The number of aromatic nitrogens is 2. The van der Waals surface area contributed by atoms with Crippen LogP contribution in [-0.4, -0.2) is 23.1 Å². The highest BCUT2D eigenvalue weighted by Crippen LogP contribution is 2.15. The molecule has 0 atom stereocenters. The van der Waals surface area contributed by atoms with Crippen molar-refractivity contribution < 1.29 is 13.5 Å². The van der Waals surface area contributed by atoms with Gasteiger partial charge in [-0.1, -0.05) is 11.6 Å². The van der Waals surface area contributed by atoms with Gasteiger partial charge in [-0.3, -0.25) is 0 Å². The molecule has 0 aliphatic rings. The zero-order valence-corrected chi connectivity index (χ0v) is 11.4. The maximum Gasteiger partial charge on any atom is 0.162 e. The summed E-state index contributed by atoms with van der Waals surface area (Å²) in [7, 11) is 0. The minimum atomic E-state index is -0.936. The molecule has 0 fully saturated rings. The minimum absolute atomic E-state index is 0.266. The van der Waals surface area contributed by atoms with E-state index in [0.29, 0.717) is 23.3 Å². The Bertz CT molecular complexity index is 590. The standard InChI is InChI=1S/C13H12ClF2N3O/c1-8-18-12(14)7-13(19-8)17-4-5-20-9-2-3-10(15)11(16)6-9/h2-3,6-7H,4-5H2,1H3,(H,17,18,19). The van der Waals surface area contributed by atoms with E-state index in [-0.39, 0.29) is 12.4 Å². The molecule has 0 bridgehead atoms. The quantitative estimate of drug-likeness (QED) is 0.680. The van der Waals surface area contributed by atoms with Crippen molar-refractivity contribution in [3.05, 3.63) is 46.9 Å². The zero-order chi connectivity index (χ0) is 14.5. The second kappa shape index (κ2) is 6.47. The zero-order valence-electron chi connectivity index (χ0n) is 10.7. The van der Waals surface area contributed by atoms with Gasteiger partial charge in [0.1, 0.15) is 29.2 Å². The Hall–Kier alpha value is -1.95. The number of benzene rings is 1. The van der Waals surface area contributed by atoms with E-state index in [1.165, 1.54) is 6.07 Å². The van der Waals surface area contributed by atoms with Gasteiger partial charge in [-0.15, -0.1) is 0 Å². The summed E-state index contributed by atoms with van der Waals surface area (Å²) < 4.78 is 30.9. The molecule has 0 amide bonds. The number of anilines is 1. The topological polar surface area (TPSA) is 47.0 Å². The number of nitrogens with one attached hydrogen (secondary N) is 1. The number of nitrogens with zero attached hydrogens (tertiary/aromatic N) is 2. The van der Waals surface area contributed by atoms with Crippen molar-refractivity contribution >= 4 is 17.4 Å². The van der Waals surface area contributed by atoms with Crippen LogP contribution in [0.2, 0.25) is 5.15 Å². The fraction of sp³-hybridized carbons (Fsp3) is 0.231. The van der Waals surface area contributed by atoms with Gasteiger partial charge in [0.25, 0.3) is 0 Å². The van der Waals surface area contributed by atoms with Crippen LogP contribution in [-0.2, 0) is 0 Å². The summed E-state index contributed by atoms with van der Waals surface area (Å²) in [5, 5.41) is 3.34. The van der Waals surface area contributed by atoms with Crippen LogP contribution in [0.4, 0.5) is 14.6 Å². The van der Waals surface area contributed by atoms with Crippen molar-refractivity contribution in [2.24, 2.45) is 0 Å². The summed E-state index contributed by atoms with van der Waals surface area (Å²) in [5.41, 5.74) is 0. The third-order valence-electron chi connectivity index (χ3n) is 2.37. The molecular weight excluding hydrogens is 288 g/mol. The predicted molar refractivity (Wildman–Crippen MR) is 72.1 cm³/mol. The second-order valence-electron chi connectivity index (χ2n) is 3.97. The van der Waals surface area contributed by atoms with E-state index in [4.69, 9.17) is 16.3 Å². The molecule has 106 valence electrons. The Balaban J connectivity index is 1.82. The van der Waals surface area contributed by atoms with Gasteiger partial charge in [0, 0.05) is 12.1 Å². The first-order chi connectivity index (χ1) is 9.54. The highest BCUT2D eigenvalue weighted by atomic mass is 35.5. The molecule has 0 saturated carbocycles. The van der Waals surface area contributed by atoms with Gasteiger partial charge in [-0.05, 0) is 19.1 Å². The van der Waals surface area contributed by atoms with Crippen LogP contribution in [0.1, 0.15) is 5.82 Å². The maximum atomic E-state index is 12.9. The van der Waals surface area contributed by atoms with Crippen molar-refractivity contribution in [2.45, 2.75) is 6.92 Å². The molecule has 1 aromatic carbocycles. The average molecular weight is 300 g/mol. The first-order valence-electron chi connectivity index (χ1n) is 5.87. The number of rotatable bonds is 5. The van der Waals surface area contributed by atoms with E-state index >= 15 is 0 Å². The summed E-state index contributed by atoms with van der Waals surface area (Å²) in [4.78, 5) is 8.07. The molecule has 0 saturated heterocycles. The first kappa shape index (κ1) is 14.5. The summed E-state index contributed by atoms with van der Waals surface area (Å²) >= 11 is 5.79. The number of hydrogen-bond acceptors (Lipinski definition) is 4. The molecule has 20 heavy (non-hydrogen) atoms. The second-order valence-corrected chi connectivity index (χ2v) is 4.36. The van der Waals surface area contributed by atoms with Crippen LogP contribution in [0.5, 0.6) is 5.75 Å². The molecule has 7 heteroatoms. The third-order valence-corrected chi connectivity index (χ3v) is 2.57. The van der Waals surface area contributed by atoms with Gasteiger partial charge in [0.05, 0.1) is 6.54 Å². The Morgan fingerprint density at radius 2 is 2.00 bits per heavy atom. The molecule has 0 spiro atoms. The number of aryl methyl sites for hydroxylation is 1. The molecule has 1 N–H and O–H groups in total. The van der Waals surface area contributed by atoms with Crippen LogP contribution in [0.15, 0.2) is 24.3 Å². The lowest BCUT2D eigenvalue weighted by atomic mass is 10.3. The molecular formula is C13H12ClF2N3O. The Morgan fingerprint density at radius 1 is 1.20 bits per heavy atom. The smallest absolute Gasteiger partial charge is 0.162 e. The molecule has 0 unspecified atom stereocenters. The largest absolute Gasteiger partial charge is 0.492 e. The van der Waals surface area contributed by atoms with Crippen LogP contribution in [0.25, 0.3) is 0 Å². The van der Waals surface area contributed by atoms with Gasteiger partial charge >= 0.3 is 0 Å². The molecule has 2 aromatic rings. The van der Waals surface area contributed by atoms with Crippen molar-refractivity contribution in [1.82, 2.24) is 9.97 Å². The van der Waals surface area contributed by atoms with E-state index in [9.17, 15) is 8.78 Å². The number of ether oxygens (including phenoxy) is 1. The summed E-state index contributed by atoms with van der Waals surface area (Å²) in [6, 6.07) is 4.98. The van der Waals surface area contributed by atoms with E-state index < -0.39 is 11.6 Å². The van der Waals surface area contributed by atoms with Gasteiger partial charge in [0.15, 0.2) is 11.6 Å². The van der Waals surface area contributed by atoms with E-state index in [2.05, 4.69) is 15.3 Å². The van der Waals surface area contributed by atoms with E-state index in [0.717, 1.165) is 12.1 Å². The first-order valence-corrected chi connectivity index (χ1v) is 6.25. The van der Waals surface area contributed by atoms with Crippen LogP contribution in [0.3, 0.4) is 0 Å². The third kappa shape index (κ3) is 4.03. The van der Waals surface area contributed by atoms with Gasteiger partial charge in [0.2, 0.25) is 0 Å². The lowest BCUT2D eigenvalue weighted by molar-refractivity contribution is 0.329. The summed E-state index contributed by atoms with van der Waals surface area (Å²) in [6.07, 6.45) is 0. The lowest BCUT2D eigenvalue weighted by Gasteiger charge is -2.08. The van der Waals surface area contributed by atoms with Crippen molar-refractivity contribution in [2.75, 3.05) is 18.5 Å². The van der Waals surface area contributed by atoms with Crippen LogP contribution in [0, 0.1) is 18.6 Å². The number of halogens is 3. The monoisotopic (exact) mass is 299 g/mol. The van der Waals surface area contributed by atoms with Crippen molar-refractivity contribution in [1.29, 1.82) is 0 Å². The highest BCUT2D eigenvalue weighted by Gasteiger charge is 2.03. The van der Waals surface area contributed by atoms with Crippen LogP contribution >= 0.6 is 11.6 Å². The Morgan fingerprint density at radius 3 is 2.70 bits per heavy atom. The van der Waals surface area contributed by atoms with Gasteiger partial charge < -0.3 is 10.1 Å². The van der Waals surface area contributed by atoms with E-state index in [1.54, 1.807) is 13.0 Å². The molecule has 0 radical (unpaired) electrons. The van der Waals surface area contributed by atoms with Crippen molar-refractivity contribution in [3.63, 3.8) is 0 Å². The maximum absolute atomic E-state index is 12.9. The molecule has 0 aliphatic carbocycles. The Kier molecular flexibility index (Phi) is 4.68. The van der Waals surface area contributed by atoms with E-state index in [1.807, 2.05) is 0 Å². The van der Waals surface area contributed by atoms with Gasteiger partial charge in [-0.25, -0.2) is 18.7 Å². The van der Waals surface area contributed by atoms with Crippen molar-refractivity contribution in [3.8, 4) is 5.75 Å². The molecule has 2 rings (SSSR count). The minimum Gasteiger partial charge on any atom is -0.492 e. The molecule has 1 heterocycles. The summed E-state index contributed by atoms with van der Waals surface area (Å²) in [5.74, 6) is -0.434. The van der Waals surface area contributed by atoms with Crippen LogP contribution < -0.4 is 10.1 Å². The number of hydrogen-bond donors (Lipinski definition) is 1.